The van der Waals surface area contributed by atoms with Crippen molar-refractivity contribution in [3.8, 4) is 11.5 Å². The van der Waals surface area contributed by atoms with Crippen molar-refractivity contribution in [1.29, 1.82) is 0 Å². The van der Waals surface area contributed by atoms with Gasteiger partial charge in [0.25, 0.3) is 0 Å². The number of ether oxygens (including phenoxy) is 1. The second kappa shape index (κ2) is 3.58. The average molecular weight is 228 g/mol. The fraction of sp³-hybridized carbons (Fsp3) is 0.455. The van der Waals surface area contributed by atoms with Crippen LogP contribution in [0.25, 0.3) is 0 Å². The van der Waals surface area contributed by atoms with Gasteiger partial charge < -0.3 is 15.6 Å². The van der Waals surface area contributed by atoms with Gasteiger partial charge in [0.1, 0.15) is 0 Å². The molecular formula is C11H14ClNO2. The van der Waals surface area contributed by atoms with Gasteiger partial charge >= 0.3 is 0 Å². The van der Waals surface area contributed by atoms with E-state index in [1.54, 1.807) is 12.1 Å². The van der Waals surface area contributed by atoms with E-state index in [4.69, 9.17) is 22.1 Å². The summed E-state index contributed by atoms with van der Waals surface area (Å²) in [4.78, 5) is 0. The minimum absolute atomic E-state index is 0.0131. The minimum atomic E-state index is -0.0131. The Morgan fingerprint density at radius 2 is 2.20 bits per heavy atom. The number of hydrogen-bond donors (Lipinski definition) is 2. The molecule has 0 spiro atoms. The number of phenolic OH excluding ortho intramolecular Hbond substituents is 1. The maximum Gasteiger partial charge on any atom is 0.161 e. The highest BCUT2D eigenvalue weighted by atomic mass is 35.5. The second-order valence-electron chi connectivity index (χ2n) is 3.99. The smallest absolute Gasteiger partial charge is 0.161 e. The zero-order valence-corrected chi connectivity index (χ0v) is 9.34. The summed E-state index contributed by atoms with van der Waals surface area (Å²) < 4.78 is 4.98. The first-order valence-electron chi connectivity index (χ1n) is 4.90. The molecule has 3 nitrogen and oxygen atoms in total. The number of halogens is 1. The maximum absolute atomic E-state index is 9.68. The van der Waals surface area contributed by atoms with E-state index in [0.29, 0.717) is 17.3 Å². The Bertz CT molecular complexity index is 388. The molecule has 0 saturated heterocycles. The number of nitrogens with two attached hydrogens (primary N) is 1. The van der Waals surface area contributed by atoms with Gasteiger partial charge in [-0.25, -0.2) is 0 Å². The summed E-state index contributed by atoms with van der Waals surface area (Å²) in [6, 6.07) is 3.31. The molecule has 2 rings (SSSR count). The molecule has 1 aromatic rings. The van der Waals surface area contributed by atoms with Crippen molar-refractivity contribution in [1.82, 2.24) is 0 Å². The van der Waals surface area contributed by atoms with Crippen LogP contribution in [0.5, 0.6) is 11.5 Å². The molecule has 0 atom stereocenters. The molecule has 82 valence electrons. The van der Waals surface area contributed by atoms with E-state index < -0.39 is 0 Å². The fourth-order valence-corrected chi connectivity index (χ4v) is 2.20. The molecule has 4 heteroatoms. The molecule has 0 bridgehead atoms. The Balaban J connectivity index is 2.45. The van der Waals surface area contributed by atoms with Crippen molar-refractivity contribution in [3.05, 3.63) is 22.7 Å². The van der Waals surface area contributed by atoms with Gasteiger partial charge in [0.2, 0.25) is 0 Å². The lowest BCUT2D eigenvalue weighted by atomic mass is 9.95. The molecule has 1 fully saturated rings. The van der Waals surface area contributed by atoms with Crippen LogP contribution in [0.2, 0.25) is 5.02 Å². The standard InChI is InChI=1S/C11H14ClNO2/c1-15-10-5-8(12)7(4-9(10)14)11(6-13)2-3-11/h4-5,14H,2-3,6,13H2,1H3. The Kier molecular flexibility index (Phi) is 2.52. The van der Waals surface area contributed by atoms with Crippen LogP contribution in [-0.4, -0.2) is 18.8 Å². The third-order valence-corrected chi connectivity index (χ3v) is 3.40. The molecule has 0 aromatic heterocycles. The fourth-order valence-electron chi connectivity index (χ4n) is 1.85. The van der Waals surface area contributed by atoms with Crippen molar-refractivity contribution in [2.45, 2.75) is 18.3 Å². The lowest BCUT2D eigenvalue weighted by molar-refractivity contribution is 0.372. The highest BCUT2D eigenvalue weighted by molar-refractivity contribution is 6.31. The lowest BCUT2D eigenvalue weighted by Crippen LogP contribution is -2.20. The van der Waals surface area contributed by atoms with Crippen molar-refractivity contribution >= 4 is 11.6 Å². The molecule has 0 heterocycles. The van der Waals surface area contributed by atoms with Gasteiger partial charge in [-0.05, 0) is 24.5 Å². The first-order chi connectivity index (χ1) is 7.13. The van der Waals surface area contributed by atoms with Crippen LogP contribution in [0.1, 0.15) is 18.4 Å². The molecule has 1 saturated carbocycles. The van der Waals surface area contributed by atoms with Crippen LogP contribution >= 0.6 is 11.6 Å². The predicted octanol–water partition coefficient (Wildman–Crippen LogP) is 2.04. The summed E-state index contributed by atoms with van der Waals surface area (Å²) in [5.41, 5.74) is 6.64. The molecule has 0 aliphatic heterocycles. The van der Waals surface area contributed by atoms with E-state index in [9.17, 15) is 5.11 Å². The Hall–Kier alpha value is -0.930. The SMILES string of the molecule is COc1cc(Cl)c(C2(CN)CC2)cc1O. The summed E-state index contributed by atoms with van der Waals surface area (Å²) in [6.45, 7) is 0.568. The summed E-state index contributed by atoms with van der Waals surface area (Å²) in [5.74, 6) is 0.521. The summed E-state index contributed by atoms with van der Waals surface area (Å²) in [6.07, 6.45) is 2.07. The summed E-state index contributed by atoms with van der Waals surface area (Å²) >= 11 is 6.14. The zero-order valence-electron chi connectivity index (χ0n) is 8.59. The average Bonchev–Trinajstić information content (AvgIpc) is 3.01. The normalized spacial score (nSPS) is 17.5. The summed E-state index contributed by atoms with van der Waals surface area (Å²) in [5, 5.41) is 10.3. The van der Waals surface area contributed by atoms with Crippen molar-refractivity contribution in [2.75, 3.05) is 13.7 Å². The quantitative estimate of drug-likeness (QED) is 0.831. The first-order valence-corrected chi connectivity index (χ1v) is 5.28. The van der Waals surface area contributed by atoms with E-state index in [2.05, 4.69) is 0 Å². The molecule has 0 amide bonds. The maximum atomic E-state index is 9.68. The number of hydrogen-bond acceptors (Lipinski definition) is 3. The van der Waals surface area contributed by atoms with Crippen LogP contribution in [0, 0.1) is 0 Å². The van der Waals surface area contributed by atoms with E-state index in [1.807, 2.05) is 0 Å². The van der Waals surface area contributed by atoms with Crippen LogP contribution in [0.3, 0.4) is 0 Å². The van der Waals surface area contributed by atoms with Gasteiger partial charge in [-0.3, -0.25) is 0 Å². The first kappa shape index (κ1) is 10.6. The number of rotatable bonds is 3. The van der Waals surface area contributed by atoms with Crippen molar-refractivity contribution < 1.29 is 9.84 Å². The molecule has 0 radical (unpaired) electrons. The monoisotopic (exact) mass is 227 g/mol. The number of benzene rings is 1. The van der Waals surface area contributed by atoms with Crippen LogP contribution in [0.15, 0.2) is 12.1 Å². The molecular weight excluding hydrogens is 214 g/mol. The molecule has 1 aromatic carbocycles. The Morgan fingerprint density at radius 3 is 2.67 bits per heavy atom. The van der Waals surface area contributed by atoms with Crippen molar-refractivity contribution in [2.24, 2.45) is 5.73 Å². The van der Waals surface area contributed by atoms with Gasteiger partial charge in [0.05, 0.1) is 7.11 Å². The van der Waals surface area contributed by atoms with Gasteiger partial charge in [0.15, 0.2) is 11.5 Å². The van der Waals surface area contributed by atoms with E-state index in [1.165, 1.54) is 7.11 Å². The van der Waals surface area contributed by atoms with Crippen LogP contribution < -0.4 is 10.5 Å². The topological polar surface area (TPSA) is 55.5 Å². The zero-order chi connectivity index (χ0) is 11.1. The largest absolute Gasteiger partial charge is 0.504 e. The highest BCUT2D eigenvalue weighted by Crippen LogP contribution is 2.51. The third kappa shape index (κ3) is 1.66. The predicted molar refractivity (Wildman–Crippen MR) is 59.6 cm³/mol. The summed E-state index contributed by atoms with van der Waals surface area (Å²) in [7, 11) is 1.50. The number of methoxy groups -OCH3 is 1. The second-order valence-corrected chi connectivity index (χ2v) is 4.40. The van der Waals surface area contributed by atoms with Gasteiger partial charge in [-0.2, -0.15) is 0 Å². The van der Waals surface area contributed by atoms with Crippen LogP contribution in [-0.2, 0) is 5.41 Å². The van der Waals surface area contributed by atoms with Crippen molar-refractivity contribution in [3.63, 3.8) is 0 Å². The lowest BCUT2D eigenvalue weighted by Gasteiger charge is -2.16. The molecule has 1 aliphatic rings. The molecule has 1 aliphatic carbocycles. The third-order valence-electron chi connectivity index (χ3n) is 3.08. The van der Waals surface area contributed by atoms with E-state index >= 15 is 0 Å². The Labute approximate surface area is 93.8 Å². The van der Waals surface area contributed by atoms with Gasteiger partial charge in [-0.1, -0.05) is 11.6 Å². The van der Waals surface area contributed by atoms with E-state index in [-0.39, 0.29) is 11.2 Å². The number of phenols is 1. The van der Waals surface area contributed by atoms with Gasteiger partial charge in [0, 0.05) is 23.0 Å². The molecule has 3 N–H and O–H groups in total. The van der Waals surface area contributed by atoms with Crippen LogP contribution in [0.4, 0.5) is 0 Å². The molecule has 15 heavy (non-hydrogen) atoms. The number of aromatic hydroxyl groups is 1. The van der Waals surface area contributed by atoms with Gasteiger partial charge in [-0.15, -0.1) is 0 Å². The minimum Gasteiger partial charge on any atom is -0.504 e. The molecule has 0 unspecified atom stereocenters. The highest BCUT2D eigenvalue weighted by Gasteiger charge is 2.44. The Morgan fingerprint density at radius 1 is 1.53 bits per heavy atom. The van der Waals surface area contributed by atoms with E-state index in [0.717, 1.165) is 18.4 Å².